The van der Waals surface area contributed by atoms with E-state index in [1.165, 1.54) is 0 Å². The van der Waals surface area contributed by atoms with Crippen molar-refractivity contribution in [2.75, 3.05) is 4.90 Å². The van der Waals surface area contributed by atoms with Crippen LogP contribution in [-0.4, -0.2) is 23.2 Å². The molecule has 0 fully saturated rings. The average Bonchev–Trinajstić information content (AvgIpc) is 2.74. The van der Waals surface area contributed by atoms with Crippen LogP contribution in [0.1, 0.15) is 11.1 Å². The first-order chi connectivity index (χ1) is 12.9. The van der Waals surface area contributed by atoms with E-state index in [4.69, 9.17) is 9.98 Å². The fourth-order valence-corrected chi connectivity index (χ4v) is 2.76. The number of aliphatic imine (C=N–C) groups is 2. The van der Waals surface area contributed by atoms with E-state index in [-0.39, 0.29) is 6.29 Å². The summed E-state index contributed by atoms with van der Waals surface area (Å²) < 4.78 is 0. The van der Waals surface area contributed by atoms with Crippen LogP contribution < -0.4 is 4.90 Å². The summed E-state index contributed by atoms with van der Waals surface area (Å²) in [5.41, 5.74) is 4.00. The van der Waals surface area contributed by atoms with E-state index in [2.05, 4.69) is 17.1 Å². The lowest BCUT2D eigenvalue weighted by Crippen LogP contribution is -2.31. The van der Waals surface area contributed by atoms with Gasteiger partial charge in [0.25, 0.3) is 0 Å². The normalized spacial score (nSPS) is 16.7. The molecule has 0 spiro atoms. The zero-order valence-electron chi connectivity index (χ0n) is 14.2. The van der Waals surface area contributed by atoms with Gasteiger partial charge in [-0.2, -0.15) is 0 Å². The number of allylic oxidation sites excluding steroid dienone is 1. The molecular weight excluding hydrogens is 320 g/mol. The highest BCUT2D eigenvalue weighted by Crippen LogP contribution is 2.22. The lowest BCUT2D eigenvalue weighted by Gasteiger charge is -2.28. The predicted molar refractivity (Wildman–Crippen MR) is 107 cm³/mol. The fraction of sp³-hybridized carbons (Fsp3) is 0.0455. The molecule has 1 aliphatic rings. The first-order valence-electron chi connectivity index (χ1n) is 8.48. The maximum atomic E-state index is 4.85. The number of anilines is 1. The lowest BCUT2D eigenvalue weighted by atomic mass is 10.1. The second kappa shape index (κ2) is 7.57. The number of hydrogen-bond acceptors (Lipinski definition) is 4. The van der Waals surface area contributed by atoms with Crippen LogP contribution in [0.15, 0.2) is 107 Å². The van der Waals surface area contributed by atoms with Gasteiger partial charge in [-0.05, 0) is 29.3 Å². The molecule has 0 aliphatic carbocycles. The van der Waals surface area contributed by atoms with E-state index < -0.39 is 0 Å². The summed E-state index contributed by atoms with van der Waals surface area (Å²) in [5.74, 6) is 0. The summed E-state index contributed by atoms with van der Waals surface area (Å²) in [4.78, 5) is 15.8. The molecule has 4 nitrogen and oxygen atoms in total. The predicted octanol–water partition coefficient (Wildman–Crippen LogP) is 4.31. The van der Waals surface area contributed by atoms with Crippen molar-refractivity contribution in [1.29, 1.82) is 0 Å². The molecular formula is C22H18N4. The lowest BCUT2D eigenvalue weighted by molar-refractivity contribution is 0.712. The first kappa shape index (κ1) is 16.0. The Morgan fingerprint density at radius 1 is 0.885 bits per heavy atom. The molecule has 1 atom stereocenters. The Morgan fingerprint density at radius 2 is 1.65 bits per heavy atom. The maximum absolute atomic E-state index is 4.85. The molecule has 1 unspecified atom stereocenters. The van der Waals surface area contributed by atoms with Gasteiger partial charge in [0.1, 0.15) is 0 Å². The van der Waals surface area contributed by atoms with Crippen LogP contribution >= 0.6 is 0 Å². The number of nitrogens with zero attached hydrogens (tertiary/aromatic N) is 4. The average molecular weight is 338 g/mol. The van der Waals surface area contributed by atoms with Gasteiger partial charge in [-0.15, -0.1) is 0 Å². The Hall–Kier alpha value is -3.53. The maximum Gasteiger partial charge on any atom is 0.220 e. The van der Waals surface area contributed by atoms with Gasteiger partial charge in [-0.3, -0.25) is 4.98 Å². The van der Waals surface area contributed by atoms with Gasteiger partial charge in [0.2, 0.25) is 6.29 Å². The van der Waals surface area contributed by atoms with Gasteiger partial charge < -0.3 is 4.90 Å². The third-order valence-corrected chi connectivity index (χ3v) is 4.07. The Bertz CT molecular complexity index is 932. The summed E-state index contributed by atoms with van der Waals surface area (Å²) in [7, 11) is 0. The summed E-state index contributed by atoms with van der Waals surface area (Å²) in [6.07, 6.45) is 9.09. The van der Waals surface area contributed by atoms with Gasteiger partial charge >= 0.3 is 0 Å². The van der Waals surface area contributed by atoms with Gasteiger partial charge in [0.15, 0.2) is 0 Å². The molecule has 0 saturated carbocycles. The topological polar surface area (TPSA) is 40.9 Å². The van der Waals surface area contributed by atoms with E-state index in [0.717, 1.165) is 22.5 Å². The molecule has 2 aromatic carbocycles. The number of hydrogen-bond donors (Lipinski definition) is 0. The number of rotatable bonds is 4. The molecule has 0 bridgehead atoms. The van der Waals surface area contributed by atoms with Crippen molar-refractivity contribution in [3.8, 4) is 0 Å². The molecule has 126 valence electrons. The fourth-order valence-electron chi connectivity index (χ4n) is 2.76. The van der Waals surface area contributed by atoms with Crippen LogP contribution in [0.4, 0.5) is 5.69 Å². The Morgan fingerprint density at radius 3 is 2.38 bits per heavy atom. The van der Waals surface area contributed by atoms with Crippen molar-refractivity contribution < 1.29 is 0 Å². The number of pyridine rings is 1. The van der Waals surface area contributed by atoms with Crippen molar-refractivity contribution >= 4 is 17.6 Å². The van der Waals surface area contributed by atoms with E-state index >= 15 is 0 Å². The smallest absolute Gasteiger partial charge is 0.220 e. The number of benzene rings is 2. The molecule has 2 heterocycles. The highest BCUT2D eigenvalue weighted by Gasteiger charge is 2.19. The third kappa shape index (κ3) is 3.59. The minimum absolute atomic E-state index is 0.375. The molecule has 26 heavy (non-hydrogen) atoms. The van der Waals surface area contributed by atoms with Gasteiger partial charge in [-0.25, -0.2) is 9.98 Å². The molecule has 0 radical (unpaired) electrons. The first-order valence-corrected chi connectivity index (χ1v) is 8.48. The van der Waals surface area contributed by atoms with Crippen LogP contribution in [0.25, 0.3) is 0 Å². The molecule has 4 rings (SSSR count). The molecule has 1 aliphatic heterocycles. The summed E-state index contributed by atoms with van der Waals surface area (Å²) >= 11 is 0. The minimum Gasteiger partial charge on any atom is -0.306 e. The van der Waals surface area contributed by atoms with Crippen LogP contribution in [0, 0.1) is 0 Å². The van der Waals surface area contributed by atoms with Crippen molar-refractivity contribution in [2.45, 2.75) is 6.29 Å². The molecule has 1 aromatic heterocycles. The van der Waals surface area contributed by atoms with E-state index in [1.54, 1.807) is 6.20 Å². The zero-order valence-corrected chi connectivity index (χ0v) is 14.2. The molecule has 0 saturated heterocycles. The van der Waals surface area contributed by atoms with Crippen molar-refractivity contribution in [3.63, 3.8) is 0 Å². The van der Waals surface area contributed by atoms with E-state index in [1.807, 2.05) is 90.3 Å². The van der Waals surface area contributed by atoms with Crippen molar-refractivity contribution in [3.05, 3.63) is 109 Å². The largest absolute Gasteiger partial charge is 0.306 e. The van der Waals surface area contributed by atoms with Crippen LogP contribution in [-0.2, 0) is 0 Å². The standard InChI is InChI=1S/C22H18N4/c1-3-8-18(9-4-1)16-24-22-25-21(19-10-5-2-6-11-19)13-15-26(22)20-12-7-14-23-17-20/h1-17,22H. The van der Waals surface area contributed by atoms with Crippen LogP contribution in [0.3, 0.4) is 0 Å². The summed E-state index contributed by atoms with van der Waals surface area (Å²) in [5, 5.41) is 0. The van der Waals surface area contributed by atoms with Gasteiger partial charge in [0.05, 0.1) is 17.6 Å². The van der Waals surface area contributed by atoms with Crippen LogP contribution in [0.5, 0.6) is 0 Å². The number of aromatic nitrogens is 1. The zero-order chi connectivity index (χ0) is 17.6. The molecule has 3 aromatic rings. The van der Waals surface area contributed by atoms with Gasteiger partial charge in [0, 0.05) is 18.6 Å². The SMILES string of the molecule is C1=CN(c2cccnc2)C(N=Cc2ccccc2)N=C1c1ccccc1. The summed E-state index contributed by atoms with van der Waals surface area (Å²) in [6.45, 7) is 0. The Kier molecular flexibility index (Phi) is 4.65. The second-order valence-corrected chi connectivity index (χ2v) is 5.85. The van der Waals surface area contributed by atoms with E-state index in [0.29, 0.717) is 0 Å². The molecule has 0 N–H and O–H groups in total. The molecule has 4 heteroatoms. The Balaban J connectivity index is 1.69. The van der Waals surface area contributed by atoms with Crippen molar-refractivity contribution in [1.82, 2.24) is 4.98 Å². The summed E-state index contributed by atoms with van der Waals surface area (Å²) in [6, 6.07) is 24.1. The quantitative estimate of drug-likeness (QED) is 0.665. The third-order valence-electron chi connectivity index (χ3n) is 4.07. The Labute approximate surface area is 152 Å². The second-order valence-electron chi connectivity index (χ2n) is 5.85. The highest BCUT2D eigenvalue weighted by molar-refractivity contribution is 6.09. The minimum atomic E-state index is -0.375. The van der Waals surface area contributed by atoms with Crippen molar-refractivity contribution in [2.24, 2.45) is 9.98 Å². The molecule has 0 amide bonds. The van der Waals surface area contributed by atoms with Gasteiger partial charge in [-0.1, -0.05) is 60.7 Å². The van der Waals surface area contributed by atoms with Crippen LogP contribution in [0.2, 0.25) is 0 Å². The monoisotopic (exact) mass is 338 g/mol. The highest BCUT2D eigenvalue weighted by atomic mass is 15.3. The van der Waals surface area contributed by atoms with E-state index in [9.17, 15) is 0 Å².